The van der Waals surface area contributed by atoms with Crippen molar-refractivity contribution in [1.82, 2.24) is 0 Å². The van der Waals surface area contributed by atoms with Gasteiger partial charge in [-0.3, -0.25) is 0 Å². The zero-order chi connectivity index (χ0) is 9.40. The normalized spacial score (nSPS) is 17.0. The Bertz CT molecular complexity index is 91.1. The molecule has 0 saturated carbocycles. The second kappa shape index (κ2) is 8.47. The maximum atomic E-state index is 9.27. The predicted molar refractivity (Wildman–Crippen MR) is 65.2 cm³/mol. The number of hydrogen-bond donors (Lipinski definition) is 3. The van der Waals surface area contributed by atoms with Gasteiger partial charge < -0.3 is 4.80 Å². The topological polar surface area (TPSA) is 20.2 Å². The molecule has 0 spiro atoms. The molecule has 0 amide bonds. The molecule has 1 nitrogen and oxygen atoms in total. The van der Waals surface area contributed by atoms with Gasteiger partial charge in [-0.05, 0) is 29.4 Å². The highest BCUT2D eigenvalue weighted by Gasteiger charge is 2.18. The van der Waals surface area contributed by atoms with E-state index in [0.717, 1.165) is 17.9 Å². The fourth-order valence-corrected chi connectivity index (χ4v) is 3.87. The van der Waals surface area contributed by atoms with E-state index in [4.69, 9.17) is 0 Å². The molecule has 12 heavy (non-hydrogen) atoms. The summed E-state index contributed by atoms with van der Waals surface area (Å²) in [5, 5.41) is 0. The minimum atomic E-state index is -0.845. The molecule has 0 heterocycles. The lowest BCUT2D eigenvalue weighted by Crippen LogP contribution is -2.17. The number of thiol groups is 2. The van der Waals surface area contributed by atoms with Gasteiger partial charge in [0.1, 0.15) is 0 Å². The average Bonchev–Trinajstić information content (AvgIpc) is 2.11. The Morgan fingerprint density at radius 3 is 2.33 bits per heavy atom. The van der Waals surface area contributed by atoms with E-state index in [2.05, 4.69) is 32.2 Å². The smallest absolute Gasteiger partial charge is 0.160 e. The molecule has 0 fully saturated rings. The lowest BCUT2D eigenvalue weighted by molar-refractivity contribution is 0.458. The average molecular weight is 224 g/mol. The van der Waals surface area contributed by atoms with Gasteiger partial charge >= 0.3 is 0 Å². The van der Waals surface area contributed by atoms with Crippen LogP contribution in [0.3, 0.4) is 0 Å². The van der Waals surface area contributed by atoms with Crippen LogP contribution < -0.4 is 0 Å². The van der Waals surface area contributed by atoms with Crippen LogP contribution in [0.1, 0.15) is 26.2 Å². The molecule has 2 unspecified atom stereocenters. The van der Waals surface area contributed by atoms with Crippen molar-refractivity contribution in [1.29, 1.82) is 0 Å². The van der Waals surface area contributed by atoms with E-state index in [0.29, 0.717) is 11.5 Å². The summed E-state index contributed by atoms with van der Waals surface area (Å²) in [6.07, 6.45) is 3.45. The molecule has 0 aliphatic carbocycles. The summed E-state index contributed by atoms with van der Waals surface area (Å²) >= 11 is 8.53. The van der Waals surface area contributed by atoms with Gasteiger partial charge in [0, 0.05) is 0 Å². The minimum Gasteiger partial charge on any atom is -0.438 e. The van der Waals surface area contributed by atoms with Crippen molar-refractivity contribution in [3.05, 3.63) is 0 Å². The fourth-order valence-electron chi connectivity index (χ4n) is 1.49. The van der Waals surface area contributed by atoms with Gasteiger partial charge in [0.2, 0.25) is 0 Å². The lowest BCUT2D eigenvalue weighted by atomic mass is 10.0. The first-order valence-corrected chi connectivity index (χ1v) is 7.34. The van der Waals surface area contributed by atoms with Crippen LogP contribution in [0.25, 0.3) is 0 Å². The Balaban J connectivity index is 3.84. The fraction of sp³-hybridized carbons (Fsp3) is 1.00. The van der Waals surface area contributed by atoms with Crippen molar-refractivity contribution in [2.75, 3.05) is 11.5 Å². The zero-order valence-electron chi connectivity index (χ0n) is 7.74. The summed E-state index contributed by atoms with van der Waals surface area (Å²) < 4.78 is 0. The molecule has 0 aromatic carbocycles. The predicted octanol–water partition coefficient (Wildman–Crippen LogP) is 1.52. The monoisotopic (exact) mass is 224 g/mol. The van der Waals surface area contributed by atoms with Crippen LogP contribution in [-0.2, 0) is 0 Å². The van der Waals surface area contributed by atoms with Crippen LogP contribution in [0, 0.1) is 5.92 Å². The molecule has 0 rings (SSSR count). The second-order valence-electron chi connectivity index (χ2n) is 3.19. The maximum Gasteiger partial charge on any atom is 0.160 e. The van der Waals surface area contributed by atoms with Gasteiger partial charge in [0.25, 0.3) is 0 Å². The molecule has 74 valence electrons. The molecule has 0 radical (unpaired) electrons. The highest BCUT2D eigenvalue weighted by molar-refractivity contribution is 7.80. The van der Waals surface area contributed by atoms with Gasteiger partial charge in [0.15, 0.2) is 9.76 Å². The quantitative estimate of drug-likeness (QED) is 0.442. The summed E-state index contributed by atoms with van der Waals surface area (Å²) in [5.74, 6) is 2.42. The molecular formula is C8H20OS2Si. The van der Waals surface area contributed by atoms with Crippen LogP contribution in [-0.4, -0.2) is 26.1 Å². The van der Waals surface area contributed by atoms with E-state index < -0.39 is 9.76 Å². The third kappa shape index (κ3) is 4.79. The summed E-state index contributed by atoms with van der Waals surface area (Å²) in [6, 6.07) is 0. The Morgan fingerprint density at radius 1 is 1.33 bits per heavy atom. The van der Waals surface area contributed by atoms with Crippen molar-refractivity contribution in [3.63, 3.8) is 0 Å². The standard InChI is InChI=1S/C8H20OS2Si/c1-2-3-8(12-9)7(6-11)4-5-10/h7-11H,2-6,12H2,1H3. The number of hydrogen-bond acceptors (Lipinski definition) is 3. The molecule has 0 saturated heterocycles. The number of rotatable bonds is 7. The molecule has 0 aliphatic rings. The zero-order valence-corrected chi connectivity index (χ0v) is 10.9. The van der Waals surface area contributed by atoms with Gasteiger partial charge in [-0.2, -0.15) is 25.3 Å². The van der Waals surface area contributed by atoms with E-state index in [-0.39, 0.29) is 0 Å². The van der Waals surface area contributed by atoms with E-state index in [1.165, 1.54) is 12.8 Å². The maximum absolute atomic E-state index is 9.27. The van der Waals surface area contributed by atoms with Gasteiger partial charge in [-0.25, -0.2) is 0 Å². The van der Waals surface area contributed by atoms with Crippen LogP contribution in [0.15, 0.2) is 0 Å². The van der Waals surface area contributed by atoms with Crippen molar-refractivity contribution in [3.8, 4) is 0 Å². The van der Waals surface area contributed by atoms with E-state index in [1.54, 1.807) is 0 Å². The summed E-state index contributed by atoms with van der Waals surface area (Å²) in [7, 11) is -0.845. The molecule has 0 aromatic heterocycles. The molecular weight excluding hydrogens is 204 g/mol. The molecule has 0 bridgehead atoms. The lowest BCUT2D eigenvalue weighted by Gasteiger charge is -2.22. The van der Waals surface area contributed by atoms with Crippen LogP contribution >= 0.6 is 25.3 Å². The van der Waals surface area contributed by atoms with E-state index >= 15 is 0 Å². The molecule has 4 heteroatoms. The summed E-state index contributed by atoms with van der Waals surface area (Å²) in [4.78, 5) is 9.27. The summed E-state index contributed by atoms with van der Waals surface area (Å²) in [6.45, 7) is 2.17. The van der Waals surface area contributed by atoms with Crippen LogP contribution in [0.2, 0.25) is 5.54 Å². The van der Waals surface area contributed by atoms with Crippen molar-refractivity contribution in [2.45, 2.75) is 31.7 Å². The van der Waals surface area contributed by atoms with Gasteiger partial charge in [0.05, 0.1) is 0 Å². The molecule has 0 aromatic rings. The molecule has 1 N–H and O–H groups in total. The SMILES string of the molecule is CCCC([SiH2]O)C(CS)CCS. The van der Waals surface area contributed by atoms with Crippen molar-refractivity contribution >= 4 is 35.0 Å². The van der Waals surface area contributed by atoms with Crippen molar-refractivity contribution in [2.24, 2.45) is 5.92 Å². The van der Waals surface area contributed by atoms with Gasteiger partial charge in [-0.15, -0.1) is 0 Å². The Hall–Kier alpha value is 0.877. The first kappa shape index (κ1) is 12.9. The summed E-state index contributed by atoms with van der Waals surface area (Å²) in [5.41, 5.74) is 0.569. The Morgan fingerprint density at radius 2 is 2.00 bits per heavy atom. The Kier molecular flexibility index (Phi) is 9.09. The third-order valence-corrected chi connectivity index (χ3v) is 4.57. The van der Waals surface area contributed by atoms with E-state index in [1.807, 2.05) is 0 Å². The molecule has 2 atom stereocenters. The first-order chi connectivity index (χ1) is 5.79. The largest absolute Gasteiger partial charge is 0.438 e. The Labute approximate surface area is 89.1 Å². The molecule has 0 aliphatic heterocycles. The second-order valence-corrected chi connectivity index (χ2v) is 5.41. The van der Waals surface area contributed by atoms with E-state index in [9.17, 15) is 4.80 Å². The van der Waals surface area contributed by atoms with Crippen LogP contribution in [0.5, 0.6) is 0 Å². The van der Waals surface area contributed by atoms with Crippen molar-refractivity contribution < 1.29 is 4.80 Å². The third-order valence-electron chi connectivity index (χ3n) is 2.30. The van der Waals surface area contributed by atoms with Crippen LogP contribution in [0.4, 0.5) is 0 Å². The van der Waals surface area contributed by atoms with Gasteiger partial charge in [-0.1, -0.05) is 19.8 Å². The first-order valence-electron chi connectivity index (χ1n) is 4.62. The highest BCUT2D eigenvalue weighted by atomic mass is 32.1. The highest BCUT2D eigenvalue weighted by Crippen LogP contribution is 2.26. The minimum absolute atomic E-state index is 0.569.